The number of rotatable bonds is 11. The van der Waals surface area contributed by atoms with Gasteiger partial charge in [0.25, 0.3) is 10.0 Å². The number of anilines is 1. The van der Waals surface area contributed by atoms with Gasteiger partial charge in [-0.1, -0.05) is 25.7 Å². The number of sulfonamides is 1. The predicted octanol–water partition coefficient (Wildman–Crippen LogP) is 5.53. The van der Waals surface area contributed by atoms with E-state index < -0.39 is 45.9 Å². The van der Waals surface area contributed by atoms with Gasteiger partial charge in [0.15, 0.2) is 16.5 Å². The quantitative estimate of drug-likeness (QED) is 0.147. The van der Waals surface area contributed by atoms with Gasteiger partial charge in [0.2, 0.25) is 5.88 Å². The van der Waals surface area contributed by atoms with Gasteiger partial charge in [-0.15, -0.1) is 0 Å². The van der Waals surface area contributed by atoms with E-state index in [2.05, 4.69) is 39.3 Å². The van der Waals surface area contributed by atoms with Crippen molar-refractivity contribution in [2.75, 3.05) is 18.4 Å². The van der Waals surface area contributed by atoms with E-state index in [4.69, 9.17) is 14.7 Å². The Labute approximate surface area is 253 Å². The highest BCUT2D eigenvalue weighted by Crippen LogP contribution is 2.34. The van der Waals surface area contributed by atoms with Crippen LogP contribution in [0.15, 0.2) is 66.3 Å². The van der Waals surface area contributed by atoms with Gasteiger partial charge in [0.1, 0.15) is 30.6 Å². The van der Waals surface area contributed by atoms with Gasteiger partial charge in [0.05, 0.1) is 29.4 Å². The maximum absolute atomic E-state index is 15.8. The van der Waals surface area contributed by atoms with Crippen molar-refractivity contribution in [1.29, 1.82) is 5.26 Å². The van der Waals surface area contributed by atoms with Crippen molar-refractivity contribution in [1.82, 2.24) is 23.9 Å². The molecule has 0 aliphatic rings. The SMILES string of the molecule is COc1ncc(C#N)cc1S(=O)(=O)Nc1ccc(F)c(-c2ccc3c(-c4nccn4COCC[Si](C)(C)C)ncn3c2)c1F. The van der Waals surface area contributed by atoms with Gasteiger partial charge in [0, 0.05) is 45.0 Å². The fraction of sp³-hybridized carbons (Fsp3) is 0.241. The molecule has 1 aromatic carbocycles. The molecule has 4 aromatic heterocycles. The molecular weight excluding hydrogens is 609 g/mol. The Balaban J connectivity index is 1.45. The summed E-state index contributed by atoms with van der Waals surface area (Å²) in [6, 6.07) is 8.97. The Morgan fingerprint density at radius 3 is 2.64 bits per heavy atom. The van der Waals surface area contributed by atoms with Gasteiger partial charge in [-0.2, -0.15) is 5.26 Å². The molecule has 0 amide bonds. The minimum Gasteiger partial charge on any atom is -0.480 e. The lowest BCUT2D eigenvalue weighted by molar-refractivity contribution is 0.0882. The maximum Gasteiger partial charge on any atom is 0.267 e. The van der Waals surface area contributed by atoms with E-state index in [0.29, 0.717) is 30.4 Å². The fourth-order valence-electron chi connectivity index (χ4n) is 4.43. The maximum atomic E-state index is 15.8. The summed E-state index contributed by atoms with van der Waals surface area (Å²) in [7, 11) is -4.51. The molecule has 0 fully saturated rings. The summed E-state index contributed by atoms with van der Waals surface area (Å²) in [6.07, 6.45) is 7.58. The number of methoxy groups -OCH3 is 1. The van der Waals surface area contributed by atoms with E-state index in [0.717, 1.165) is 30.4 Å². The molecule has 0 unspecified atom stereocenters. The molecule has 0 saturated carbocycles. The molecule has 5 aromatic rings. The van der Waals surface area contributed by atoms with E-state index in [-0.39, 0.29) is 17.0 Å². The zero-order chi connectivity index (χ0) is 31.6. The van der Waals surface area contributed by atoms with E-state index in [1.54, 1.807) is 28.9 Å². The fourth-order valence-corrected chi connectivity index (χ4v) is 6.39. The first kappa shape index (κ1) is 30.8. The van der Waals surface area contributed by atoms with Crippen molar-refractivity contribution >= 4 is 29.3 Å². The van der Waals surface area contributed by atoms with Crippen molar-refractivity contribution in [3.8, 4) is 34.6 Å². The second-order valence-corrected chi connectivity index (χ2v) is 18.4. The number of pyridine rings is 2. The van der Waals surface area contributed by atoms with Crippen LogP contribution in [0.2, 0.25) is 25.7 Å². The molecule has 4 heterocycles. The summed E-state index contributed by atoms with van der Waals surface area (Å²) >= 11 is 0. The third kappa shape index (κ3) is 6.32. The van der Waals surface area contributed by atoms with Crippen molar-refractivity contribution in [3.63, 3.8) is 0 Å². The molecular formula is C29H29F2N7O4SSi. The predicted molar refractivity (Wildman–Crippen MR) is 162 cm³/mol. The molecule has 0 atom stereocenters. The van der Waals surface area contributed by atoms with Crippen LogP contribution >= 0.6 is 0 Å². The van der Waals surface area contributed by atoms with Crippen LogP contribution in [0.1, 0.15) is 5.56 Å². The number of hydrogen-bond acceptors (Lipinski definition) is 8. The molecule has 0 saturated heterocycles. The highest BCUT2D eigenvalue weighted by molar-refractivity contribution is 7.92. The number of halogens is 2. The first-order chi connectivity index (χ1) is 20.9. The number of nitriles is 1. The number of hydrogen-bond donors (Lipinski definition) is 1. The lowest BCUT2D eigenvalue weighted by Gasteiger charge is -2.16. The van der Waals surface area contributed by atoms with Crippen LogP contribution < -0.4 is 9.46 Å². The second kappa shape index (κ2) is 12.2. The van der Waals surface area contributed by atoms with E-state index in [1.165, 1.54) is 25.7 Å². The van der Waals surface area contributed by atoms with Gasteiger partial charge in [-0.3, -0.25) is 4.72 Å². The number of benzene rings is 1. The van der Waals surface area contributed by atoms with Gasteiger partial charge >= 0.3 is 0 Å². The third-order valence-corrected chi connectivity index (χ3v) is 9.80. The second-order valence-electron chi connectivity index (χ2n) is 11.1. The molecule has 0 spiro atoms. The van der Waals surface area contributed by atoms with Crippen LogP contribution in [-0.4, -0.2) is 54.1 Å². The van der Waals surface area contributed by atoms with Crippen LogP contribution in [0.4, 0.5) is 14.5 Å². The summed E-state index contributed by atoms with van der Waals surface area (Å²) in [4.78, 5) is 12.3. The minimum atomic E-state index is -4.48. The number of imidazole rings is 2. The standard InChI is InChI=1S/C29H29F2N7O4SSi/c1-41-29-24(13-19(14-32)15-34-29)43(39,40)36-22-7-6-21(30)25(26(22)31)20-5-8-23-27(35-17-38(23)16-20)28-33-9-10-37(28)18-42-11-12-44(2,3)4/h5-10,13,15-17,36H,11-12,18H2,1-4H3. The molecule has 228 valence electrons. The molecule has 15 heteroatoms. The zero-order valence-electron chi connectivity index (χ0n) is 24.4. The molecule has 0 radical (unpaired) electrons. The van der Waals surface area contributed by atoms with Crippen molar-refractivity contribution in [2.45, 2.75) is 37.3 Å². The molecule has 0 aliphatic carbocycles. The first-order valence-corrected chi connectivity index (χ1v) is 18.6. The highest BCUT2D eigenvalue weighted by atomic mass is 32.2. The Kier molecular flexibility index (Phi) is 8.50. The van der Waals surface area contributed by atoms with Crippen LogP contribution in [0, 0.1) is 23.0 Å². The van der Waals surface area contributed by atoms with E-state index in [9.17, 15) is 8.42 Å². The first-order valence-electron chi connectivity index (χ1n) is 13.4. The largest absolute Gasteiger partial charge is 0.480 e. The normalized spacial score (nSPS) is 11.9. The zero-order valence-corrected chi connectivity index (χ0v) is 26.2. The van der Waals surface area contributed by atoms with Gasteiger partial charge in [-0.25, -0.2) is 32.2 Å². The highest BCUT2D eigenvalue weighted by Gasteiger charge is 2.25. The Morgan fingerprint density at radius 2 is 1.91 bits per heavy atom. The Hall–Kier alpha value is -4.65. The average Bonchev–Trinajstić information content (AvgIpc) is 3.62. The summed E-state index contributed by atoms with van der Waals surface area (Å²) in [6.45, 7) is 7.79. The molecule has 11 nitrogen and oxygen atoms in total. The van der Waals surface area contributed by atoms with E-state index >= 15 is 8.78 Å². The van der Waals surface area contributed by atoms with Crippen molar-refractivity contribution < 1.29 is 26.7 Å². The molecule has 0 aliphatic heterocycles. The number of aromatic nitrogens is 5. The van der Waals surface area contributed by atoms with Crippen LogP contribution in [-0.2, 0) is 21.5 Å². The van der Waals surface area contributed by atoms with Crippen LogP contribution in [0.3, 0.4) is 0 Å². The smallest absolute Gasteiger partial charge is 0.267 e. The van der Waals surface area contributed by atoms with Crippen molar-refractivity contribution in [2.24, 2.45) is 0 Å². The molecule has 0 bridgehead atoms. The van der Waals surface area contributed by atoms with Gasteiger partial charge in [-0.05, 0) is 30.3 Å². The monoisotopic (exact) mass is 637 g/mol. The number of nitrogens with one attached hydrogen (secondary N) is 1. The molecule has 5 rings (SSSR count). The van der Waals surface area contributed by atoms with Crippen LogP contribution in [0.5, 0.6) is 5.88 Å². The topological polar surface area (TPSA) is 136 Å². The lowest BCUT2D eigenvalue weighted by Crippen LogP contribution is -2.22. The summed E-state index contributed by atoms with van der Waals surface area (Å²) in [5.74, 6) is -1.75. The minimum absolute atomic E-state index is 0.0449. The summed E-state index contributed by atoms with van der Waals surface area (Å²) < 4.78 is 73.6. The number of fused-ring (bicyclic) bond motifs is 1. The lowest BCUT2D eigenvalue weighted by atomic mass is 10.0. The van der Waals surface area contributed by atoms with Crippen LogP contribution in [0.25, 0.3) is 28.2 Å². The van der Waals surface area contributed by atoms with Crippen molar-refractivity contribution in [3.05, 3.63) is 78.6 Å². The Bertz CT molecular complexity index is 2000. The average molecular weight is 638 g/mol. The third-order valence-electron chi connectivity index (χ3n) is 6.74. The Morgan fingerprint density at radius 1 is 1.11 bits per heavy atom. The molecule has 1 N–H and O–H groups in total. The number of nitrogens with zero attached hydrogens (tertiary/aromatic N) is 6. The molecule has 44 heavy (non-hydrogen) atoms. The van der Waals surface area contributed by atoms with Gasteiger partial charge < -0.3 is 18.4 Å². The number of ether oxygens (including phenoxy) is 2. The summed E-state index contributed by atoms with van der Waals surface area (Å²) in [5.41, 5.74) is 0.333. The van der Waals surface area contributed by atoms with E-state index in [1.807, 2.05) is 4.57 Å². The summed E-state index contributed by atoms with van der Waals surface area (Å²) in [5, 5.41) is 9.17.